The number of benzene rings is 4. The van der Waals surface area contributed by atoms with Crippen molar-refractivity contribution in [2.75, 3.05) is 11.4 Å². The lowest BCUT2D eigenvalue weighted by molar-refractivity contribution is -0.283. The van der Waals surface area contributed by atoms with Gasteiger partial charge in [-0.2, -0.15) is 5.01 Å². The van der Waals surface area contributed by atoms with Gasteiger partial charge in [0.1, 0.15) is 17.6 Å². The van der Waals surface area contributed by atoms with Crippen molar-refractivity contribution in [3.8, 4) is 0 Å². The summed E-state index contributed by atoms with van der Waals surface area (Å²) in [4.78, 5) is 2.34. The van der Waals surface area contributed by atoms with Gasteiger partial charge in [0.2, 0.25) is 0 Å². The van der Waals surface area contributed by atoms with Crippen LogP contribution in [0.5, 0.6) is 0 Å². The zero-order valence-corrected chi connectivity index (χ0v) is 23.2. The Morgan fingerprint density at radius 3 is 2.42 bits per heavy atom. The predicted molar refractivity (Wildman–Crippen MR) is 151 cm³/mol. The molecule has 6 nitrogen and oxygen atoms in total. The Hall–Kier alpha value is -3.56. The minimum atomic E-state index is -4.05. The summed E-state index contributed by atoms with van der Waals surface area (Å²) in [7, 11) is -4.05. The van der Waals surface area contributed by atoms with Gasteiger partial charge in [0.15, 0.2) is 6.23 Å². The fourth-order valence-electron chi connectivity index (χ4n) is 6.48. The molecule has 4 aromatic carbocycles. The first-order valence-electron chi connectivity index (χ1n) is 13.5. The number of hydrogen-bond acceptors (Lipinski definition) is 5. The van der Waals surface area contributed by atoms with E-state index in [4.69, 9.17) is 4.74 Å². The van der Waals surface area contributed by atoms with Crippen LogP contribution < -0.4 is 4.90 Å². The van der Waals surface area contributed by atoms with Crippen LogP contribution in [0.25, 0.3) is 0 Å². The maximum absolute atomic E-state index is 15.0. The van der Waals surface area contributed by atoms with Crippen LogP contribution in [0.2, 0.25) is 0 Å². The molecule has 8 heteroatoms. The van der Waals surface area contributed by atoms with E-state index in [-0.39, 0.29) is 10.7 Å². The molecule has 7 rings (SSSR count). The molecule has 0 bridgehead atoms. The van der Waals surface area contributed by atoms with Gasteiger partial charge in [-0.05, 0) is 55.7 Å². The summed E-state index contributed by atoms with van der Waals surface area (Å²) in [6.07, 6.45) is -1.11. The van der Waals surface area contributed by atoms with Gasteiger partial charge in [0.25, 0.3) is 10.0 Å². The molecule has 0 aromatic heterocycles. The average molecular weight is 556 g/mol. The van der Waals surface area contributed by atoms with Crippen molar-refractivity contribution in [3.05, 3.63) is 131 Å². The van der Waals surface area contributed by atoms with Gasteiger partial charge in [-0.3, -0.25) is 0 Å². The number of para-hydroxylation sites is 1. The molecule has 0 N–H and O–H groups in total. The Labute approximate surface area is 234 Å². The van der Waals surface area contributed by atoms with Crippen molar-refractivity contribution in [3.63, 3.8) is 0 Å². The molecular formula is C32H30FN3O3S. The molecule has 0 unspecified atom stereocenters. The van der Waals surface area contributed by atoms with Crippen LogP contribution in [-0.4, -0.2) is 30.6 Å². The Bertz CT molecular complexity index is 1700. The quantitative estimate of drug-likeness (QED) is 0.314. The second kappa shape index (κ2) is 9.24. The Morgan fingerprint density at radius 1 is 0.925 bits per heavy atom. The summed E-state index contributed by atoms with van der Waals surface area (Å²) in [5.74, 6) is -0.293. The average Bonchev–Trinajstić information content (AvgIpc) is 3.20. The van der Waals surface area contributed by atoms with E-state index in [2.05, 4.69) is 4.90 Å². The lowest BCUT2D eigenvalue weighted by atomic mass is 9.92. The minimum absolute atomic E-state index is 0.210. The van der Waals surface area contributed by atoms with Gasteiger partial charge in [0, 0.05) is 29.9 Å². The van der Waals surface area contributed by atoms with E-state index in [1.807, 2.05) is 86.6 Å². The maximum Gasteiger partial charge on any atom is 0.258 e. The number of anilines is 1. The first-order valence-corrected chi connectivity index (χ1v) is 15.0. The number of halogens is 1. The van der Waals surface area contributed by atoms with Gasteiger partial charge >= 0.3 is 0 Å². The van der Waals surface area contributed by atoms with E-state index >= 15 is 0 Å². The van der Waals surface area contributed by atoms with Crippen molar-refractivity contribution in [2.24, 2.45) is 0 Å². The fraction of sp³-hybridized carbons (Fsp3) is 0.250. The third-order valence-electron chi connectivity index (χ3n) is 8.40. The molecule has 0 spiro atoms. The van der Waals surface area contributed by atoms with Gasteiger partial charge < -0.3 is 9.64 Å². The molecule has 3 aliphatic rings. The van der Waals surface area contributed by atoms with Crippen molar-refractivity contribution in [1.82, 2.24) is 9.42 Å². The topological polar surface area (TPSA) is 53.1 Å². The van der Waals surface area contributed by atoms with Crippen LogP contribution in [0.1, 0.15) is 41.0 Å². The van der Waals surface area contributed by atoms with Crippen molar-refractivity contribution in [2.45, 2.75) is 49.7 Å². The molecule has 1 fully saturated rings. The van der Waals surface area contributed by atoms with Crippen LogP contribution >= 0.6 is 0 Å². The lowest BCUT2D eigenvalue weighted by Crippen LogP contribution is -2.69. The molecule has 0 aliphatic carbocycles. The first kappa shape index (κ1) is 25.4. The van der Waals surface area contributed by atoms with E-state index in [0.29, 0.717) is 30.6 Å². The van der Waals surface area contributed by atoms with E-state index in [1.165, 1.54) is 10.5 Å². The molecule has 3 aliphatic heterocycles. The standard InChI is InChI=1S/C32H30FN3O3S/c1-22-15-17-24(18-16-22)40(37,38)36-31-32(2,39-30-26-11-8-13-28(33)25(26)19-20-35(30)36)27-12-6-7-14-29(27)34(31)21-23-9-4-3-5-10-23/h3-18,30-31H,19-21H2,1-2H3/t30-,31+,32+/m1/s1. The molecule has 0 saturated carbocycles. The molecule has 40 heavy (non-hydrogen) atoms. The highest BCUT2D eigenvalue weighted by Gasteiger charge is 2.62. The molecular weight excluding hydrogens is 525 g/mol. The summed E-state index contributed by atoms with van der Waals surface area (Å²) in [5.41, 5.74) is 4.06. The molecule has 3 heterocycles. The second-order valence-electron chi connectivity index (χ2n) is 10.9. The first-order chi connectivity index (χ1) is 19.3. The molecule has 204 valence electrons. The molecule has 0 amide bonds. The highest BCUT2D eigenvalue weighted by molar-refractivity contribution is 7.89. The number of fused-ring (bicyclic) bond motifs is 6. The number of ether oxygens (including phenoxy) is 1. The van der Waals surface area contributed by atoms with Gasteiger partial charge in [-0.25, -0.2) is 12.8 Å². The van der Waals surface area contributed by atoms with Crippen LogP contribution in [0.15, 0.2) is 102 Å². The summed E-state index contributed by atoms with van der Waals surface area (Å²) < 4.78 is 52.8. The second-order valence-corrected chi connectivity index (χ2v) is 12.7. The Kier molecular flexibility index (Phi) is 5.87. The largest absolute Gasteiger partial charge is 0.346 e. The molecule has 4 aromatic rings. The summed E-state index contributed by atoms with van der Waals surface area (Å²) in [6.45, 7) is 4.69. The number of rotatable bonds is 4. The smallest absolute Gasteiger partial charge is 0.258 e. The third kappa shape index (κ3) is 3.74. The van der Waals surface area contributed by atoms with Crippen LogP contribution in [-0.2, 0) is 33.3 Å². The van der Waals surface area contributed by atoms with Crippen LogP contribution in [0.3, 0.4) is 0 Å². The van der Waals surface area contributed by atoms with E-state index < -0.39 is 28.0 Å². The highest BCUT2D eigenvalue weighted by Crippen LogP contribution is 2.56. The predicted octanol–water partition coefficient (Wildman–Crippen LogP) is 5.89. The number of hydrogen-bond donors (Lipinski definition) is 0. The summed E-state index contributed by atoms with van der Waals surface area (Å²) in [6, 6.07) is 29.9. The Morgan fingerprint density at radius 2 is 1.65 bits per heavy atom. The van der Waals surface area contributed by atoms with E-state index in [1.54, 1.807) is 23.2 Å². The summed E-state index contributed by atoms with van der Waals surface area (Å²) >= 11 is 0. The van der Waals surface area contributed by atoms with Crippen molar-refractivity contribution in [1.29, 1.82) is 0 Å². The van der Waals surface area contributed by atoms with Gasteiger partial charge in [0.05, 0.1) is 4.90 Å². The number of aryl methyl sites for hydroxylation is 1. The van der Waals surface area contributed by atoms with Crippen molar-refractivity contribution < 1.29 is 17.5 Å². The van der Waals surface area contributed by atoms with Gasteiger partial charge in [-0.15, -0.1) is 4.41 Å². The summed E-state index contributed by atoms with van der Waals surface area (Å²) in [5, 5.41) is 1.78. The number of sulfonamides is 1. The molecule has 3 atom stereocenters. The monoisotopic (exact) mass is 555 g/mol. The van der Waals surface area contributed by atoms with Crippen molar-refractivity contribution >= 4 is 15.7 Å². The van der Waals surface area contributed by atoms with E-state index in [0.717, 1.165) is 22.4 Å². The lowest BCUT2D eigenvalue weighted by Gasteiger charge is -2.56. The minimum Gasteiger partial charge on any atom is -0.346 e. The third-order valence-corrected chi connectivity index (χ3v) is 10.2. The number of hydrazine groups is 1. The highest BCUT2D eigenvalue weighted by atomic mass is 32.2. The van der Waals surface area contributed by atoms with Gasteiger partial charge in [-0.1, -0.05) is 78.4 Å². The molecule has 0 radical (unpaired) electrons. The number of nitrogens with zero attached hydrogens (tertiary/aromatic N) is 3. The van der Waals surface area contributed by atoms with Crippen LogP contribution in [0, 0.1) is 12.7 Å². The fourth-order valence-corrected chi connectivity index (χ4v) is 8.20. The van der Waals surface area contributed by atoms with Crippen LogP contribution in [0.4, 0.5) is 10.1 Å². The molecule has 1 saturated heterocycles. The SMILES string of the molecule is Cc1ccc(S(=O)(=O)N2[C@@H]3N(Cc4ccccc4)c4ccccc4[C@]3(C)O[C@@H]3c4cccc(F)c4CCN32)cc1. The zero-order chi connectivity index (χ0) is 27.6. The Balaban J connectivity index is 1.46. The maximum atomic E-state index is 15.0. The normalized spacial score (nSPS) is 24.2. The van der Waals surface area contributed by atoms with E-state index in [9.17, 15) is 12.8 Å². The zero-order valence-electron chi connectivity index (χ0n) is 22.4.